The summed E-state index contributed by atoms with van der Waals surface area (Å²) in [5, 5.41) is 3.02. The van der Waals surface area contributed by atoms with Crippen molar-refractivity contribution in [1.82, 2.24) is 4.90 Å². The van der Waals surface area contributed by atoms with Crippen LogP contribution in [0.1, 0.15) is 30.4 Å². The second-order valence-electron chi connectivity index (χ2n) is 8.21. The molecule has 4 rings (SSSR count). The van der Waals surface area contributed by atoms with Crippen molar-refractivity contribution in [2.75, 3.05) is 36.4 Å². The van der Waals surface area contributed by atoms with Crippen molar-refractivity contribution in [1.29, 1.82) is 0 Å². The van der Waals surface area contributed by atoms with Gasteiger partial charge in [-0.1, -0.05) is 24.3 Å². The number of likely N-dealkylation sites (tertiary alicyclic amines) is 1. The quantitative estimate of drug-likeness (QED) is 0.842. The van der Waals surface area contributed by atoms with Gasteiger partial charge in [0.05, 0.1) is 18.8 Å². The molecule has 1 fully saturated rings. The minimum atomic E-state index is -0.591. The molecule has 2 aliphatic heterocycles. The highest BCUT2D eigenvalue weighted by molar-refractivity contribution is 5.95. The van der Waals surface area contributed by atoms with Crippen molar-refractivity contribution in [3.63, 3.8) is 0 Å². The molecule has 1 N–H and O–H groups in total. The third-order valence-corrected chi connectivity index (χ3v) is 5.81. The largest absolute Gasteiger partial charge is 0.477 e. The number of rotatable bonds is 4. The van der Waals surface area contributed by atoms with Gasteiger partial charge in [-0.05, 0) is 62.4 Å². The number of aryl methyl sites for hydroxylation is 2. The molecule has 158 valence electrons. The highest BCUT2D eigenvalue weighted by Crippen LogP contribution is 2.33. The fourth-order valence-corrected chi connectivity index (χ4v) is 4.14. The number of piperidine rings is 1. The Morgan fingerprint density at radius 2 is 1.83 bits per heavy atom. The summed E-state index contributed by atoms with van der Waals surface area (Å²) in [6.07, 6.45) is 2.66. The number of ether oxygens (including phenoxy) is 1. The Hall–Kier alpha value is -3.02. The SMILES string of the molecule is Cc1ccc(C)c(NC(=O)CN2CC(C(=O)N3CCCCC3)Oc3ccccc32)c1. The van der Waals surface area contributed by atoms with E-state index in [0.29, 0.717) is 12.3 Å². The molecule has 0 radical (unpaired) electrons. The van der Waals surface area contributed by atoms with Crippen LogP contribution in [0.15, 0.2) is 42.5 Å². The third kappa shape index (κ3) is 4.42. The summed E-state index contributed by atoms with van der Waals surface area (Å²) in [4.78, 5) is 29.7. The average molecular weight is 408 g/mol. The maximum Gasteiger partial charge on any atom is 0.265 e. The molecule has 2 heterocycles. The molecule has 0 spiro atoms. The van der Waals surface area contributed by atoms with Crippen LogP contribution in [0.5, 0.6) is 5.75 Å². The van der Waals surface area contributed by atoms with E-state index in [0.717, 1.165) is 48.4 Å². The summed E-state index contributed by atoms with van der Waals surface area (Å²) in [6.45, 7) is 6.08. The maximum absolute atomic E-state index is 13.0. The second-order valence-corrected chi connectivity index (χ2v) is 8.21. The first-order valence-electron chi connectivity index (χ1n) is 10.7. The van der Waals surface area contributed by atoms with E-state index in [1.807, 2.05) is 66.1 Å². The lowest BCUT2D eigenvalue weighted by atomic mass is 10.1. The monoisotopic (exact) mass is 407 g/mol. The van der Waals surface area contributed by atoms with E-state index in [1.54, 1.807) is 0 Å². The van der Waals surface area contributed by atoms with Gasteiger partial charge in [0.15, 0.2) is 6.10 Å². The molecule has 0 aliphatic carbocycles. The number of carbonyl (C=O) groups excluding carboxylic acids is 2. The molecule has 1 atom stereocenters. The predicted octanol–water partition coefficient (Wildman–Crippen LogP) is 3.52. The van der Waals surface area contributed by atoms with E-state index < -0.39 is 6.10 Å². The summed E-state index contributed by atoms with van der Waals surface area (Å²) in [6, 6.07) is 13.6. The number of amides is 2. The molecule has 1 saturated heterocycles. The zero-order valence-electron chi connectivity index (χ0n) is 17.7. The van der Waals surface area contributed by atoms with Gasteiger partial charge in [0.25, 0.3) is 5.91 Å². The molecule has 6 heteroatoms. The van der Waals surface area contributed by atoms with Crippen LogP contribution in [-0.4, -0.2) is 49.0 Å². The number of fused-ring (bicyclic) bond motifs is 1. The summed E-state index contributed by atoms with van der Waals surface area (Å²) < 4.78 is 6.05. The summed E-state index contributed by atoms with van der Waals surface area (Å²) >= 11 is 0. The van der Waals surface area contributed by atoms with Gasteiger partial charge in [0.2, 0.25) is 5.91 Å². The number of para-hydroxylation sites is 2. The van der Waals surface area contributed by atoms with Crippen LogP contribution in [0.2, 0.25) is 0 Å². The number of anilines is 2. The van der Waals surface area contributed by atoms with Crippen LogP contribution in [0, 0.1) is 13.8 Å². The molecule has 2 amide bonds. The lowest BCUT2D eigenvalue weighted by Crippen LogP contribution is -2.52. The first-order valence-corrected chi connectivity index (χ1v) is 10.7. The van der Waals surface area contributed by atoms with Gasteiger partial charge in [-0.3, -0.25) is 9.59 Å². The summed E-state index contributed by atoms with van der Waals surface area (Å²) in [5.74, 6) is 0.562. The number of carbonyl (C=O) groups is 2. The Bertz CT molecular complexity index is 937. The van der Waals surface area contributed by atoms with Crippen molar-refractivity contribution in [2.45, 2.75) is 39.2 Å². The van der Waals surface area contributed by atoms with E-state index >= 15 is 0 Å². The van der Waals surface area contributed by atoms with Crippen molar-refractivity contribution in [3.05, 3.63) is 53.6 Å². The minimum Gasteiger partial charge on any atom is -0.477 e. The standard InChI is InChI=1S/C24H29N3O3/c1-17-10-11-18(2)19(14-17)25-23(28)16-27-15-22(24(29)26-12-6-3-7-13-26)30-21-9-5-4-8-20(21)27/h4-5,8-11,14,22H,3,6-7,12-13,15-16H2,1-2H3,(H,25,28). The van der Waals surface area contributed by atoms with Gasteiger partial charge < -0.3 is 19.9 Å². The fraction of sp³-hybridized carbons (Fsp3) is 0.417. The second kappa shape index (κ2) is 8.78. The van der Waals surface area contributed by atoms with Crippen molar-refractivity contribution < 1.29 is 14.3 Å². The van der Waals surface area contributed by atoms with Gasteiger partial charge in [-0.2, -0.15) is 0 Å². The number of hydrogen-bond acceptors (Lipinski definition) is 4. The molecule has 30 heavy (non-hydrogen) atoms. The normalized spacial score (nSPS) is 18.4. The zero-order chi connectivity index (χ0) is 21.1. The van der Waals surface area contributed by atoms with Gasteiger partial charge in [0, 0.05) is 18.8 Å². The van der Waals surface area contributed by atoms with E-state index in [2.05, 4.69) is 5.32 Å². The third-order valence-electron chi connectivity index (χ3n) is 5.81. The lowest BCUT2D eigenvalue weighted by Gasteiger charge is -2.38. The van der Waals surface area contributed by atoms with Crippen LogP contribution >= 0.6 is 0 Å². The molecule has 0 aromatic heterocycles. The lowest BCUT2D eigenvalue weighted by molar-refractivity contribution is -0.139. The first kappa shape index (κ1) is 20.3. The average Bonchev–Trinajstić information content (AvgIpc) is 2.76. The summed E-state index contributed by atoms with van der Waals surface area (Å²) in [7, 11) is 0. The van der Waals surface area contributed by atoms with Crippen molar-refractivity contribution in [2.24, 2.45) is 0 Å². The van der Waals surface area contributed by atoms with Crippen molar-refractivity contribution >= 4 is 23.2 Å². The van der Waals surface area contributed by atoms with Gasteiger partial charge >= 0.3 is 0 Å². The van der Waals surface area contributed by atoms with Crippen LogP contribution in [0.3, 0.4) is 0 Å². The van der Waals surface area contributed by atoms with Crippen LogP contribution in [0.4, 0.5) is 11.4 Å². The van der Waals surface area contributed by atoms with E-state index in [-0.39, 0.29) is 18.4 Å². The first-order chi connectivity index (χ1) is 14.5. The Morgan fingerprint density at radius 3 is 2.63 bits per heavy atom. The Kier molecular flexibility index (Phi) is 5.93. The van der Waals surface area contributed by atoms with E-state index in [1.165, 1.54) is 6.42 Å². The Labute approximate surface area is 177 Å². The van der Waals surface area contributed by atoms with Crippen molar-refractivity contribution in [3.8, 4) is 5.75 Å². The smallest absolute Gasteiger partial charge is 0.265 e. The molecule has 2 aromatic rings. The van der Waals surface area contributed by atoms with E-state index in [4.69, 9.17) is 4.74 Å². The van der Waals surface area contributed by atoms with Crippen LogP contribution in [-0.2, 0) is 9.59 Å². The molecule has 0 bridgehead atoms. The molecular weight excluding hydrogens is 378 g/mol. The number of nitrogens with zero attached hydrogens (tertiary/aromatic N) is 2. The van der Waals surface area contributed by atoms with Gasteiger partial charge in [0.1, 0.15) is 5.75 Å². The van der Waals surface area contributed by atoms with Crippen LogP contribution < -0.4 is 15.0 Å². The minimum absolute atomic E-state index is 0.0177. The number of hydrogen-bond donors (Lipinski definition) is 1. The summed E-state index contributed by atoms with van der Waals surface area (Å²) in [5.41, 5.74) is 3.79. The molecule has 2 aromatic carbocycles. The molecule has 6 nitrogen and oxygen atoms in total. The molecule has 0 saturated carbocycles. The highest BCUT2D eigenvalue weighted by Gasteiger charge is 2.34. The Morgan fingerprint density at radius 1 is 1.07 bits per heavy atom. The molecular formula is C24H29N3O3. The topological polar surface area (TPSA) is 61.9 Å². The van der Waals surface area contributed by atoms with Gasteiger partial charge in [-0.25, -0.2) is 0 Å². The number of benzene rings is 2. The molecule has 2 aliphatic rings. The van der Waals surface area contributed by atoms with Gasteiger partial charge in [-0.15, -0.1) is 0 Å². The zero-order valence-corrected chi connectivity index (χ0v) is 17.7. The highest BCUT2D eigenvalue weighted by atomic mass is 16.5. The van der Waals surface area contributed by atoms with E-state index in [9.17, 15) is 9.59 Å². The number of nitrogens with one attached hydrogen (secondary N) is 1. The maximum atomic E-state index is 13.0. The molecule has 1 unspecified atom stereocenters. The van der Waals surface area contributed by atoms with Crippen LogP contribution in [0.25, 0.3) is 0 Å². The fourth-order valence-electron chi connectivity index (χ4n) is 4.14. The predicted molar refractivity (Wildman–Crippen MR) is 118 cm³/mol. The Balaban J connectivity index is 1.50.